The number of halogens is 4. The Balaban J connectivity index is 3.37. The van der Waals surface area contributed by atoms with Gasteiger partial charge in [0.1, 0.15) is 0 Å². The van der Waals surface area contributed by atoms with Crippen molar-refractivity contribution in [3.63, 3.8) is 0 Å². The summed E-state index contributed by atoms with van der Waals surface area (Å²) in [6.45, 7) is 1.41. The lowest BCUT2D eigenvalue weighted by Crippen LogP contribution is -2.13. The number of nitrogens with two attached hydrogens (primary N) is 1. The van der Waals surface area contributed by atoms with Crippen LogP contribution >= 0.6 is 15.9 Å². The first kappa shape index (κ1) is 10.2. The Morgan fingerprint density at radius 1 is 1.31 bits per heavy atom. The Morgan fingerprint density at radius 2 is 1.85 bits per heavy atom. The van der Waals surface area contributed by atoms with Crippen LogP contribution in [0.3, 0.4) is 0 Å². The number of nitrogen functional groups attached to an aromatic ring is 1. The van der Waals surface area contributed by atoms with Crippen molar-refractivity contribution in [1.29, 1.82) is 0 Å². The minimum atomic E-state index is -4.51. The Morgan fingerprint density at radius 3 is 2.31 bits per heavy atom. The van der Waals surface area contributed by atoms with Crippen LogP contribution in [-0.4, -0.2) is 9.97 Å². The molecule has 1 aromatic heterocycles. The molecule has 0 fully saturated rings. The standard InChI is InChI=1S/C6H5BrF3N3/c1-2-3(7)4(6(8,9)10)13-5(11)12-2/h1H3,(H2,11,12,13). The average molecular weight is 256 g/mol. The summed E-state index contributed by atoms with van der Waals surface area (Å²) < 4.78 is 36.5. The van der Waals surface area contributed by atoms with Gasteiger partial charge in [-0.05, 0) is 22.9 Å². The first-order chi connectivity index (χ1) is 5.82. The van der Waals surface area contributed by atoms with Crippen molar-refractivity contribution in [2.45, 2.75) is 13.1 Å². The minimum Gasteiger partial charge on any atom is -0.368 e. The third-order valence-electron chi connectivity index (χ3n) is 1.30. The smallest absolute Gasteiger partial charge is 0.368 e. The molecule has 0 aliphatic rings. The number of rotatable bonds is 0. The summed E-state index contributed by atoms with van der Waals surface area (Å²) in [7, 11) is 0. The van der Waals surface area contributed by atoms with E-state index in [-0.39, 0.29) is 16.1 Å². The summed E-state index contributed by atoms with van der Waals surface area (Å²) >= 11 is 2.75. The molecule has 7 heteroatoms. The third-order valence-corrected chi connectivity index (χ3v) is 2.25. The van der Waals surface area contributed by atoms with Gasteiger partial charge >= 0.3 is 6.18 Å². The lowest BCUT2D eigenvalue weighted by Gasteiger charge is -2.09. The molecule has 0 radical (unpaired) electrons. The van der Waals surface area contributed by atoms with Crippen molar-refractivity contribution in [2.75, 3.05) is 5.73 Å². The quantitative estimate of drug-likeness (QED) is 0.773. The molecular weight excluding hydrogens is 251 g/mol. The highest BCUT2D eigenvalue weighted by Crippen LogP contribution is 2.34. The topological polar surface area (TPSA) is 51.8 Å². The van der Waals surface area contributed by atoms with Crippen LogP contribution in [0.5, 0.6) is 0 Å². The molecule has 1 heterocycles. The van der Waals surface area contributed by atoms with Crippen molar-refractivity contribution < 1.29 is 13.2 Å². The molecule has 3 nitrogen and oxygen atoms in total. The number of aromatic nitrogens is 2. The number of hydrogen-bond acceptors (Lipinski definition) is 3. The summed E-state index contributed by atoms with van der Waals surface area (Å²) in [6, 6.07) is 0. The fourth-order valence-electron chi connectivity index (χ4n) is 0.769. The van der Waals surface area contributed by atoms with E-state index in [2.05, 4.69) is 25.9 Å². The lowest BCUT2D eigenvalue weighted by molar-refractivity contribution is -0.141. The SMILES string of the molecule is Cc1nc(N)nc(C(F)(F)F)c1Br. The van der Waals surface area contributed by atoms with Gasteiger partial charge in [-0.25, -0.2) is 9.97 Å². The molecule has 0 aliphatic heterocycles. The van der Waals surface area contributed by atoms with Crippen LogP contribution in [-0.2, 0) is 6.18 Å². The number of nitrogens with zero attached hydrogens (tertiary/aromatic N) is 2. The number of aryl methyl sites for hydroxylation is 1. The van der Waals surface area contributed by atoms with Crippen LogP contribution < -0.4 is 5.73 Å². The van der Waals surface area contributed by atoms with Crippen LogP contribution in [0.1, 0.15) is 11.4 Å². The Labute approximate surface area is 80.3 Å². The summed E-state index contributed by atoms with van der Waals surface area (Å²) in [5.74, 6) is -0.381. The molecular formula is C6H5BrF3N3. The number of anilines is 1. The van der Waals surface area contributed by atoms with Crippen LogP contribution in [0, 0.1) is 6.92 Å². The Kier molecular flexibility index (Phi) is 2.47. The zero-order valence-electron chi connectivity index (χ0n) is 6.48. The van der Waals surface area contributed by atoms with Gasteiger partial charge < -0.3 is 5.73 Å². The molecule has 0 aromatic carbocycles. The third kappa shape index (κ3) is 2.09. The predicted octanol–water partition coefficient (Wildman–Crippen LogP) is 2.15. The first-order valence-corrected chi connectivity index (χ1v) is 3.98. The largest absolute Gasteiger partial charge is 0.434 e. The maximum atomic E-state index is 12.2. The molecule has 0 unspecified atom stereocenters. The molecule has 1 aromatic rings. The van der Waals surface area contributed by atoms with Crippen molar-refractivity contribution >= 4 is 21.9 Å². The molecule has 0 spiro atoms. The molecule has 0 saturated carbocycles. The maximum absolute atomic E-state index is 12.2. The van der Waals surface area contributed by atoms with Crippen LogP contribution in [0.4, 0.5) is 19.1 Å². The van der Waals surface area contributed by atoms with E-state index in [1.54, 1.807) is 0 Å². The van der Waals surface area contributed by atoms with E-state index in [9.17, 15) is 13.2 Å². The fourth-order valence-corrected chi connectivity index (χ4v) is 1.17. The summed E-state index contributed by atoms with van der Waals surface area (Å²) in [4.78, 5) is 6.67. The highest BCUT2D eigenvalue weighted by atomic mass is 79.9. The van der Waals surface area contributed by atoms with Gasteiger partial charge in [-0.2, -0.15) is 13.2 Å². The summed E-state index contributed by atoms with van der Waals surface area (Å²) in [5, 5.41) is 0. The highest BCUT2D eigenvalue weighted by molar-refractivity contribution is 9.10. The average Bonchev–Trinajstić information content (AvgIpc) is 1.94. The molecule has 2 N–H and O–H groups in total. The normalized spacial score (nSPS) is 11.8. The molecule has 0 atom stereocenters. The fraction of sp³-hybridized carbons (Fsp3) is 0.333. The number of hydrogen-bond donors (Lipinski definition) is 1. The first-order valence-electron chi connectivity index (χ1n) is 3.19. The number of alkyl halides is 3. The highest BCUT2D eigenvalue weighted by Gasteiger charge is 2.36. The molecule has 72 valence electrons. The van der Waals surface area contributed by atoms with Gasteiger partial charge in [0.25, 0.3) is 0 Å². The summed E-state index contributed by atoms with van der Waals surface area (Å²) in [6.07, 6.45) is -4.51. The van der Waals surface area contributed by atoms with Crippen molar-refractivity contribution in [2.24, 2.45) is 0 Å². The van der Waals surface area contributed by atoms with Gasteiger partial charge in [0.2, 0.25) is 5.95 Å². The Bertz CT molecular complexity index is 337. The van der Waals surface area contributed by atoms with Crippen LogP contribution in [0.15, 0.2) is 4.47 Å². The molecule has 13 heavy (non-hydrogen) atoms. The lowest BCUT2D eigenvalue weighted by atomic mass is 10.3. The second-order valence-corrected chi connectivity index (χ2v) is 3.12. The second kappa shape index (κ2) is 3.13. The zero-order valence-corrected chi connectivity index (χ0v) is 8.07. The molecule has 0 bridgehead atoms. The van der Waals surface area contributed by atoms with E-state index >= 15 is 0 Å². The van der Waals surface area contributed by atoms with Gasteiger partial charge in [-0.3, -0.25) is 0 Å². The van der Waals surface area contributed by atoms with Gasteiger partial charge in [0.05, 0.1) is 10.2 Å². The van der Waals surface area contributed by atoms with Crippen molar-refractivity contribution in [3.05, 3.63) is 15.9 Å². The molecule has 1 rings (SSSR count). The van der Waals surface area contributed by atoms with Gasteiger partial charge in [-0.1, -0.05) is 0 Å². The zero-order chi connectivity index (χ0) is 10.2. The van der Waals surface area contributed by atoms with E-state index in [1.165, 1.54) is 6.92 Å². The molecule has 0 amide bonds. The molecule has 0 saturated heterocycles. The van der Waals surface area contributed by atoms with E-state index in [1.807, 2.05) is 0 Å². The predicted molar refractivity (Wildman–Crippen MR) is 43.9 cm³/mol. The second-order valence-electron chi connectivity index (χ2n) is 2.33. The van der Waals surface area contributed by atoms with E-state index in [0.29, 0.717) is 0 Å². The van der Waals surface area contributed by atoms with Gasteiger partial charge in [0.15, 0.2) is 5.69 Å². The Hall–Kier alpha value is -0.850. The van der Waals surface area contributed by atoms with Crippen molar-refractivity contribution in [3.8, 4) is 0 Å². The van der Waals surface area contributed by atoms with E-state index in [0.717, 1.165) is 0 Å². The van der Waals surface area contributed by atoms with Gasteiger partial charge in [-0.15, -0.1) is 0 Å². The van der Waals surface area contributed by atoms with Crippen LogP contribution in [0.2, 0.25) is 0 Å². The molecule has 0 aliphatic carbocycles. The summed E-state index contributed by atoms with van der Waals surface area (Å²) in [5.41, 5.74) is 4.20. The van der Waals surface area contributed by atoms with Gasteiger partial charge in [0, 0.05) is 0 Å². The van der Waals surface area contributed by atoms with Crippen LogP contribution in [0.25, 0.3) is 0 Å². The minimum absolute atomic E-state index is 0.167. The monoisotopic (exact) mass is 255 g/mol. The van der Waals surface area contributed by atoms with Crippen molar-refractivity contribution in [1.82, 2.24) is 9.97 Å². The van der Waals surface area contributed by atoms with E-state index < -0.39 is 11.9 Å². The van der Waals surface area contributed by atoms with E-state index in [4.69, 9.17) is 5.73 Å². The maximum Gasteiger partial charge on any atom is 0.434 e.